The summed E-state index contributed by atoms with van der Waals surface area (Å²) in [5.74, 6) is 0.939. The van der Waals surface area contributed by atoms with E-state index < -0.39 is 0 Å². The highest BCUT2D eigenvalue weighted by Gasteiger charge is 2.23. The number of hydrogen-bond donors (Lipinski definition) is 1. The summed E-state index contributed by atoms with van der Waals surface area (Å²) in [4.78, 5) is 25.1. The van der Waals surface area contributed by atoms with E-state index in [1.807, 2.05) is 35.2 Å². The number of carbonyl (C=O) groups excluding carboxylic acids is 1. The summed E-state index contributed by atoms with van der Waals surface area (Å²) in [6.07, 6.45) is 2.12. The molecule has 0 radical (unpaired) electrons. The van der Waals surface area contributed by atoms with Crippen LogP contribution in [-0.4, -0.2) is 59.9 Å². The second-order valence-electron chi connectivity index (χ2n) is 6.56. The number of guanidine groups is 1. The Kier molecular flexibility index (Phi) is 7.12. The number of nitrogens with one attached hydrogen (secondary N) is 1. The van der Waals surface area contributed by atoms with Crippen LogP contribution >= 0.6 is 23.2 Å². The van der Waals surface area contributed by atoms with E-state index in [2.05, 4.69) is 20.2 Å². The second-order valence-corrected chi connectivity index (χ2v) is 7.39. The molecule has 8 heteroatoms. The maximum Gasteiger partial charge on any atom is 0.227 e. The van der Waals surface area contributed by atoms with Crippen molar-refractivity contribution in [3.63, 3.8) is 0 Å². The molecule has 1 amide bonds. The van der Waals surface area contributed by atoms with Crippen molar-refractivity contribution in [1.82, 2.24) is 20.1 Å². The molecule has 0 saturated carbocycles. The molecule has 0 bridgehead atoms. The van der Waals surface area contributed by atoms with Crippen molar-refractivity contribution in [2.24, 2.45) is 4.99 Å². The van der Waals surface area contributed by atoms with Crippen molar-refractivity contribution in [2.75, 3.05) is 33.2 Å². The number of halogens is 2. The van der Waals surface area contributed by atoms with E-state index in [-0.39, 0.29) is 5.91 Å². The van der Waals surface area contributed by atoms with Crippen molar-refractivity contribution in [3.8, 4) is 0 Å². The minimum absolute atomic E-state index is 0.122. The first kappa shape index (κ1) is 20.4. The Morgan fingerprint density at radius 2 is 1.86 bits per heavy atom. The zero-order chi connectivity index (χ0) is 19.9. The first-order valence-corrected chi connectivity index (χ1v) is 9.89. The lowest BCUT2D eigenvalue weighted by atomic mass is 10.1. The molecule has 6 nitrogen and oxygen atoms in total. The molecule has 1 fully saturated rings. The third-order valence-corrected chi connectivity index (χ3v) is 5.09. The van der Waals surface area contributed by atoms with Gasteiger partial charge in [0.15, 0.2) is 5.96 Å². The fourth-order valence-electron chi connectivity index (χ4n) is 3.13. The number of amides is 1. The number of pyridine rings is 1. The SMILES string of the molecule is CN=C(NCc1ccc(Cl)nc1)N1CCN(C(=O)Cc2cccc(Cl)c2)CC1. The predicted octanol–water partition coefficient (Wildman–Crippen LogP) is 2.85. The number of aliphatic imine (C=N–C) groups is 1. The van der Waals surface area contributed by atoms with E-state index in [1.165, 1.54) is 0 Å². The van der Waals surface area contributed by atoms with Gasteiger partial charge in [-0.3, -0.25) is 9.79 Å². The standard InChI is InChI=1S/C20H23Cl2N5O/c1-23-20(25-14-16-5-6-18(22)24-13-16)27-9-7-26(8-10-27)19(28)12-15-3-2-4-17(21)11-15/h2-6,11,13H,7-10,12,14H2,1H3,(H,23,25). The van der Waals surface area contributed by atoms with Crippen LogP contribution < -0.4 is 5.32 Å². The molecule has 2 heterocycles. The monoisotopic (exact) mass is 419 g/mol. The van der Waals surface area contributed by atoms with Crippen molar-refractivity contribution in [2.45, 2.75) is 13.0 Å². The summed E-state index contributed by atoms with van der Waals surface area (Å²) < 4.78 is 0. The Labute approximate surface area is 175 Å². The third-order valence-electron chi connectivity index (χ3n) is 4.63. The van der Waals surface area contributed by atoms with Gasteiger partial charge in [0.05, 0.1) is 6.42 Å². The molecule has 1 aromatic carbocycles. The first-order chi connectivity index (χ1) is 13.5. The highest BCUT2D eigenvalue weighted by Crippen LogP contribution is 2.13. The number of hydrogen-bond acceptors (Lipinski definition) is 3. The fourth-order valence-corrected chi connectivity index (χ4v) is 3.45. The van der Waals surface area contributed by atoms with Gasteiger partial charge < -0.3 is 15.1 Å². The zero-order valence-electron chi connectivity index (χ0n) is 15.7. The quantitative estimate of drug-likeness (QED) is 0.470. The van der Waals surface area contributed by atoms with Crippen LogP contribution in [0.4, 0.5) is 0 Å². The summed E-state index contributed by atoms with van der Waals surface area (Å²) in [7, 11) is 1.76. The van der Waals surface area contributed by atoms with Gasteiger partial charge in [0.1, 0.15) is 5.15 Å². The van der Waals surface area contributed by atoms with Crippen LogP contribution in [0.15, 0.2) is 47.6 Å². The maximum absolute atomic E-state index is 12.6. The minimum Gasteiger partial charge on any atom is -0.352 e. The van der Waals surface area contributed by atoms with Crippen LogP contribution in [0.3, 0.4) is 0 Å². The van der Waals surface area contributed by atoms with E-state index in [4.69, 9.17) is 23.2 Å². The smallest absolute Gasteiger partial charge is 0.227 e. The molecule has 1 aromatic heterocycles. The van der Waals surface area contributed by atoms with Crippen molar-refractivity contribution in [1.29, 1.82) is 0 Å². The van der Waals surface area contributed by atoms with Gasteiger partial charge in [0.2, 0.25) is 5.91 Å². The van der Waals surface area contributed by atoms with Crippen LogP contribution in [0.25, 0.3) is 0 Å². The highest BCUT2D eigenvalue weighted by atomic mass is 35.5. The lowest BCUT2D eigenvalue weighted by Gasteiger charge is -2.36. The van der Waals surface area contributed by atoms with E-state index in [9.17, 15) is 4.79 Å². The Balaban J connectivity index is 1.49. The molecule has 28 heavy (non-hydrogen) atoms. The Morgan fingerprint density at radius 1 is 1.11 bits per heavy atom. The van der Waals surface area contributed by atoms with Crippen molar-refractivity contribution >= 4 is 35.1 Å². The van der Waals surface area contributed by atoms with Gasteiger partial charge in [-0.1, -0.05) is 41.4 Å². The molecule has 0 unspecified atom stereocenters. The lowest BCUT2D eigenvalue weighted by molar-refractivity contribution is -0.131. The number of rotatable bonds is 4. The number of aromatic nitrogens is 1. The second kappa shape index (κ2) is 9.75. The van der Waals surface area contributed by atoms with Crippen LogP contribution in [-0.2, 0) is 17.8 Å². The molecular formula is C20H23Cl2N5O. The molecule has 1 saturated heterocycles. The summed E-state index contributed by atoms with van der Waals surface area (Å²) in [6.45, 7) is 3.43. The molecule has 3 rings (SSSR count). The summed E-state index contributed by atoms with van der Waals surface area (Å²) in [6, 6.07) is 11.2. The summed E-state index contributed by atoms with van der Waals surface area (Å²) in [5.41, 5.74) is 1.97. The first-order valence-electron chi connectivity index (χ1n) is 9.13. The van der Waals surface area contributed by atoms with Crippen LogP contribution in [0.2, 0.25) is 10.2 Å². The Morgan fingerprint density at radius 3 is 2.50 bits per heavy atom. The maximum atomic E-state index is 12.6. The fraction of sp³-hybridized carbons (Fsp3) is 0.350. The normalized spacial score (nSPS) is 14.9. The minimum atomic E-state index is 0.122. The molecular weight excluding hydrogens is 397 g/mol. The largest absolute Gasteiger partial charge is 0.352 e. The zero-order valence-corrected chi connectivity index (χ0v) is 17.2. The third kappa shape index (κ3) is 5.59. The van der Waals surface area contributed by atoms with Gasteiger partial charge >= 0.3 is 0 Å². The Bertz CT molecular complexity index is 833. The molecule has 1 aliphatic rings. The molecule has 1 aliphatic heterocycles. The lowest BCUT2D eigenvalue weighted by Crippen LogP contribution is -2.53. The van der Waals surface area contributed by atoms with E-state index in [1.54, 1.807) is 19.3 Å². The molecule has 2 aromatic rings. The van der Waals surface area contributed by atoms with E-state index >= 15 is 0 Å². The van der Waals surface area contributed by atoms with Gasteiger partial charge in [-0.05, 0) is 29.3 Å². The topological polar surface area (TPSA) is 60.8 Å². The number of piperazine rings is 1. The molecule has 0 atom stereocenters. The van der Waals surface area contributed by atoms with Gasteiger partial charge in [-0.25, -0.2) is 4.98 Å². The summed E-state index contributed by atoms with van der Waals surface area (Å²) >= 11 is 11.8. The van der Waals surface area contributed by atoms with E-state index in [0.29, 0.717) is 36.2 Å². The molecule has 1 N–H and O–H groups in total. The Hall–Kier alpha value is -2.31. The van der Waals surface area contributed by atoms with Gasteiger partial charge in [-0.2, -0.15) is 0 Å². The van der Waals surface area contributed by atoms with Crippen LogP contribution in [0.1, 0.15) is 11.1 Å². The predicted molar refractivity (Wildman–Crippen MR) is 113 cm³/mol. The average Bonchev–Trinajstić information content (AvgIpc) is 2.70. The molecule has 0 spiro atoms. The van der Waals surface area contributed by atoms with Crippen LogP contribution in [0, 0.1) is 0 Å². The van der Waals surface area contributed by atoms with Gasteiger partial charge in [0.25, 0.3) is 0 Å². The summed E-state index contributed by atoms with van der Waals surface area (Å²) in [5, 5.41) is 4.47. The van der Waals surface area contributed by atoms with E-state index in [0.717, 1.165) is 30.2 Å². The highest BCUT2D eigenvalue weighted by molar-refractivity contribution is 6.30. The van der Waals surface area contributed by atoms with Crippen LogP contribution in [0.5, 0.6) is 0 Å². The van der Waals surface area contributed by atoms with Crippen molar-refractivity contribution in [3.05, 3.63) is 63.9 Å². The molecule has 0 aliphatic carbocycles. The number of benzene rings is 1. The number of carbonyl (C=O) groups is 1. The van der Waals surface area contributed by atoms with Gasteiger partial charge in [0, 0.05) is 51.0 Å². The van der Waals surface area contributed by atoms with Crippen molar-refractivity contribution < 1.29 is 4.79 Å². The van der Waals surface area contributed by atoms with Gasteiger partial charge in [-0.15, -0.1) is 0 Å². The average molecular weight is 420 g/mol. The molecule has 148 valence electrons. The number of nitrogens with zero attached hydrogens (tertiary/aromatic N) is 4.